The molecule has 1 aliphatic rings. The average Bonchev–Trinajstić information content (AvgIpc) is 2.88. The molecule has 2 aromatic rings. The summed E-state index contributed by atoms with van der Waals surface area (Å²) in [6.07, 6.45) is 2.35. The molecule has 3 rings (SSSR count). The van der Waals surface area contributed by atoms with E-state index in [0.29, 0.717) is 6.04 Å². The van der Waals surface area contributed by atoms with Crippen LogP contribution in [0.5, 0.6) is 0 Å². The van der Waals surface area contributed by atoms with Gasteiger partial charge in [0.2, 0.25) is 0 Å². The van der Waals surface area contributed by atoms with Gasteiger partial charge in [0.25, 0.3) is 0 Å². The molecule has 90 valence electrons. The molecule has 0 amide bonds. The predicted octanol–water partition coefficient (Wildman–Crippen LogP) is 3.50. The van der Waals surface area contributed by atoms with Crippen molar-refractivity contribution in [2.75, 3.05) is 6.54 Å². The van der Waals surface area contributed by atoms with Crippen LogP contribution in [0.3, 0.4) is 0 Å². The van der Waals surface area contributed by atoms with Gasteiger partial charge in [-0.3, -0.25) is 0 Å². The van der Waals surface area contributed by atoms with Crippen molar-refractivity contribution in [2.45, 2.75) is 18.9 Å². The minimum atomic E-state index is -0.184. The van der Waals surface area contributed by atoms with Crippen molar-refractivity contribution in [1.29, 1.82) is 0 Å². The third-order valence-corrected chi connectivity index (χ3v) is 4.37. The molecular formula is C13H14BrFN2. The summed E-state index contributed by atoms with van der Waals surface area (Å²) in [5.74, 6) is -0.184. The maximum Gasteiger partial charge on any atom is 0.125 e. The van der Waals surface area contributed by atoms with Crippen LogP contribution in [0.25, 0.3) is 10.9 Å². The summed E-state index contributed by atoms with van der Waals surface area (Å²) < 4.78 is 16.5. The van der Waals surface area contributed by atoms with Crippen LogP contribution < -0.4 is 5.32 Å². The van der Waals surface area contributed by atoms with E-state index in [9.17, 15) is 4.39 Å². The van der Waals surface area contributed by atoms with Gasteiger partial charge in [0.05, 0.1) is 5.52 Å². The SMILES string of the molecule is Cn1c(C2CCCN2)c(Br)c2ccc(F)cc21. The quantitative estimate of drug-likeness (QED) is 0.852. The Morgan fingerprint density at radius 3 is 3.00 bits per heavy atom. The summed E-state index contributed by atoms with van der Waals surface area (Å²) in [7, 11) is 2.00. The van der Waals surface area contributed by atoms with Crippen LogP contribution in [-0.2, 0) is 7.05 Å². The van der Waals surface area contributed by atoms with Gasteiger partial charge in [-0.15, -0.1) is 0 Å². The number of fused-ring (bicyclic) bond motifs is 1. The van der Waals surface area contributed by atoms with Gasteiger partial charge < -0.3 is 9.88 Å². The Hall–Kier alpha value is -0.870. The van der Waals surface area contributed by atoms with E-state index in [1.807, 2.05) is 13.1 Å². The lowest BCUT2D eigenvalue weighted by molar-refractivity contribution is 0.600. The molecule has 17 heavy (non-hydrogen) atoms. The monoisotopic (exact) mass is 296 g/mol. The first-order valence-electron chi connectivity index (χ1n) is 5.85. The zero-order valence-electron chi connectivity index (χ0n) is 9.63. The minimum Gasteiger partial charge on any atom is -0.345 e. The van der Waals surface area contributed by atoms with Gasteiger partial charge in [0.15, 0.2) is 0 Å². The van der Waals surface area contributed by atoms with Crippen molar-refractivity contribution in [1.82, 2.24) is 9.88 Å². The first-order valence-corrected chi connectivity index (χ1v) is 6.64. The maximum atomic E-state index is 13.3. The molecule has 1 N–H and O–H groups in total. The zero-order valence-corrected chi connectivity index (χ0v) is 11.2. The Morgan fingerprint density at radius 1 is 1.47 bits per heavy atom. The number of hydrogen-bond acceptors (Lipinski definition) is 1. The molecule has 0 saturated carbocycles. The number of aromatic nitrogens is 1. The van der Waals surface area contributed by atoms with Gasteiger partial charge >= 0.3 is 0 Å². The second kappa shape index (κ2) is 4.10. The van der Waals surface area contributed by atoms with Crippen LogP contribution in [0.1, 0.15) is 24.6 Å². The normalized spacial score (nSPS) is 20.3. The lowest BCUT2D eigenvalue weighted by Crippen LogP contribution is -2.16. The van der Waals surface area contributed by atoms with Crippen molar-refractivity contribution >= 4 is 26.8 Å². The fourth-order valence-electron chi connectivity index (χ4n) is 2.69. The van der Waals surface area contributed by atoms with E-state index in [1.54, 1.807) is 6.07 Å². The van der Waals surface area contributed by atoms with Crippen molar-refractivity contribution in [3.63, 3.8) is 0 Å². The Bertz CT molecular complexity index is 570. The molecule has 0 aliphatic carbocycles. The second-order valence-corrected chi connectivity index (χ2v) is 5.36. The lowest BCUT2D eigenvalue weighted by atomic mass is 10.1. The van der Waals surface area contributed by atoms with Gasteiger partial charge in [0.1, 0.15) is 5.82 Å². The molecule has 1 atom stereocenters. The van der Waals surface area contributed by atoms with Gasteiger partial charge in [-0.2, -0.15) is 0 Å². The van der Waals surface area contributed by atoms with E-state index in [0.717, 1.165) is 28.3 Å². The Labute approximate surface area is 108 Å². The number of nitrogens with zero attached hydrogens (tertiary/aromatic N) is 1. The van der Waals surface area contributed by atoms with Crippen LogP contribution in [0.15, 0.2) is 22.7 Å². The van der Waals surface area contributed by atoms with E-state index in [2.05, 4.69) is 25.8 Å². The maximum absolute atomic E-state index is 13.3. The van der Waals surface area contributed by atoms with Crippen molar-refractivity contribution in [2.24, 2.45) is 7.05 Å². The number of hydrogen-bond donors (Lipinski definition) is 1. The summed E-state index contributed by atoms with van der Waals surface area (Å²) in [5.41, 5.74) is 2.17. The van der Waals surface area contributed by atoms with Crippen molar-refractivity contribution in [3.8, 4) is 0 Å². The van der Waals surface area contributed by atoms with E-state index in [4.69, 9.17) is 0 Å². The fraction of sp³-hybridized carbons (Fsp3) is 0.385. The van der Waals surface area contributed by atoms with E-state index in [1.165, 1.54) is 18.2 Å². The smallest absolute Gasteiger partial charge is 0.125 e. The summed E-state index contributed by atoms with van der Waals surface area (Å²) >= 11 is 3.65. The van der Waals surface area contributed by atoms with Crippen LogP contribution in [0, 0.1) is 5.82 Å². The Morgan fingerprint density at radius 2 is 2.29 bits per heavy atom. The van der Waals surface area contributed by atoms with E-state index < -0.39 is 0 Å². The van der Waals surface area contributed by atoms with Gasteiger partial charge in [-0.1, -0.05) is 0 Å². The second-order valence-electron chi connectivity index (χ2n) is 4.57. The molecule has 2 heterocycles. The van der Waals surface area contributed by atoms with Crippen molar-refractivity contribution in [3.05, 3.63) is 34.2 Å². The summed E-state index contributed by atoms with van der Waals surface area (Å²) in [4.78, 5) is 0. The summed E-state index contributed by atoms with van der Waals surface area (Å²) in [6, 6.07) is 5.33. The lowest BCUT2D eigenvalue weighted by Gasteiger charge is -2.12. The van der Waals surface area contributed by atoms with Crippen LogP contribution >= 0.6 is 15.9 Å². The molecule has 2 nitrogen and oxygen atoms in total. The Balaban J connectivity index is 2.24. The van der Waals surface area contributed by atoms with Crippen LogP contribution in [0.4, 0.5) is 4.39 Å². The number of rotatable bonds is 1. The highest BCUT2D eigenvalue weighted by molar-refractivity contribution is 9.10. The number of aryl methyl sites for hydroxylation is 1. The molecule has 0 radical (unpaired) electrons. The average molecular weight is 297 g/mol. The molecule has 1 saturated heterocycles. The third-order valence-electron chi connectivity index (χ3n) is 3.53. The minimum absolute atomic E-state index is 0.184. The summed E-state index contributed by atoms with van der Waals surface area (Å²) in [5, 5.41) is 4.57. The zero-order chi connectivity index (χ0) is 12.0. The summed E-state index contributed by atoms with van der Waals surface area (Å²) in [6.45, 7) is 1.06. The molecule has 1 fully saturated rings. The highest BCUT2D eigenvalue weighted by Crippen LogP contribution is 2.37. The predicted molar refractivity (Wildman–Crippen MR) is 70.6 cm³/mol. The molecule has 1 unspecified atom stereocenters. The highest BCUT2D eigenvalue weighted by Gasteiger charge is 2.24. The standard InChI is InChI=1S/C13H14BrFN2/c1-17-11-7-8(15)4-5-9(11)12(14)13(17)10-3-2-6-16-10/h4-5,7,10,16H,2-3,6H2,1H3. The van der Waals surface area contributed by atoms with Gasteiger partial charge in [0, 0.05) is 28.6 Å². The Kier molecular flexibility index (Phi) is 2.71. The van der Waals surface area contributed by atoms with Gasteiger partial charge in [-0.25, -0.2) is 4.39 Å². The first kappa shape index (κ1) is 11.2. The van der Waals surface area contributed by atoms with Crippen LogP contribution in [-0.4, -0.2) is 11.1 Å². The largest absolute Gasteiger partial charge is 0.345 e. The van der Waals surface area contributed by atoms with Gasteiger partial charge in [-0.05, 0) is 53.5 Å². The number of benzene rings is 1. The molecule has 0 spiro atoms. The molecule has 0 bridgehead atoms. The van der Waals surface area contributed by atoms with E-state index in [-0.39, 0.29) is 5.82 Å². The highest BCUT2D eigenvalue weighted by atomic mass is 79.9. The van der Waals surface area contributed by atoms with Crippen molar-refractivity contribution < 1.29 is 4.39 Å². The molecule has 1 aromatic carbocycles. The third kappa shape index (κ3) is 1.70. The molecule has 1 aromatic heterocycles. The molecular weight excluding hydrogens is 283 g/mol. The fourth-order valence-corrected chi connectivity index (χ4v) is 3.57. The van der Waals surface area contributed by atoms with E-state index >= 15 is 0 Å². The topological polar surface area (TPSA) is 17.0 Å². The number of halogens is 2. The van der Waals surface area contributed by atoms with Crippen LogP contribution in [0.2, 0.25) is 0 Å². The molecule has 1 aliphatic heterocycles. The first-order chi connectivity index (χ1) is 8.18. The number of nitrogens with one attached hydrogen (secondary N) is 1. The molecule has 4 heteroatoms.